The number of benzene rings is 1. The summed E-state index contributed by atoms with van der Waals surface area (Å²) in [5.41, 5.74) is 1.09. The Bertz CT molecular complexity index is 980. The molecule has 0 N–H and O–H groups in total. The highest BCUT2D eigenvalue weighted by Crippen LogP contribution is 2.32. The zero-order valence-corrected chi connectivity index (χ0v) is 15.7. The van der Waals surface area contributed by atoms with E-state index in [9.17, 15) is 24.5 Å². The maximum absolute atomic E-state index is 12.4. The summed E-state index contributed by atoms with van der Waals surface area (Å²) >= 11 is 0.835. The number of non-ortho nitro benzene ring substituents is 1. The van der Waals surface area contributed by atoms with Crippen molar-refractivity contribution in [3.63, 3.8) is 0 Å². The molecule has 2 heterocycles. The van der Waals surface area contributed by atoms with Gasteiger partial charge in [0.15, 0.2) is 0 Å². The van der Waals surface area contributed by atoms with E-state index in [1.807, 2.05) is 0 Å². The molecule has 0 spiro atoms. The number of nitro benzene ring substituents is 1. The van der Waals surface area contributed by atoms with Crippen molar-refractivity contribution in [2.24, 2.45) is 0 Å². The molecule has 9 nitrogen and oxygen atoms in total. The molecule has 0 aliphatic carbocycles. The molecule has 0 saturated carbocycles. The van der Waals surface area contributed by atoms with E-state index in [1.165, 1.54) is 29.8 Å². The number of rotatable bonds is 7. The second kappa shape index (κ2) is 8.17. The standard InChI is InChI=1S/C18H16N4O5S/c1-12(23)3-2-9-20-17(24)16(28-18(20)25)11-13-8-10-21(19-13)14-4-6-15(7-5-14)22(26)27/h4-8,10-11H,2-3,9H2,1H3/b16-11-. The molecule has 28 heavy (non-hydrogen) atoms. The van der Waals surface area contributed by atoms with Gasteiger partial charge >= 0.3 is 0 Å². The van der Waals surface area contributed by atoms with Crippen LogP contribution in [0.3, 0.4) is 0 Å². The summed E-state index contributed by atoms with van der Waals surface area (Å²) < 4.78 is 1.52. The number of nitrogens with zero attached hydrogens (tertiary/aromatic N) is 4. The summed E-state index contributed by atoms with van der Waals surface area (Å²) in [7, 11) is 0. The third kappa shape index (κ3) is 4.34. The Hall–Kier alpha value is -3.27. The third-order valence-electron chi connectivity index (χ3n) is 4.00. The van der Waals surface area contributed by atoms with Crippen LogP contribution in [-0.4, -0.2) is 43.1 Å². The molecule has 1 fully saturated rings. The third-order valence-corrected chi connectivity index (χ3v) is 4.91. The Labute approximate surface area is 164 Å². The smallest absolute Gasteiger partial charge is 0.293 e. The van der Waals surface area contributed by atoms with Gasteiger partial charge in [0.1, 0.15) is 5.78 Å². The van der Waals surface area contributed by atoms with Crippen molar-refractivity contribution in [1.82, 2.24) is 14.7 Å². The Morgan fingerprint density at radius 3 is 2.61 bits per heavy atom. The van der Waals surface area contributed by atoms with E-state index in [2.05, 4.69) is 5.10 Å². The van der Waals surface area contributed by atoms with Crippen LogP contribution in [-0.2, 0) is 9.59 Å². The summed E-state index contributed by atoms with van der Waals surface area (Å²) in [5.74, 6) is -0.386. The van der Waals surface area contributed by atoms with Crippen LogP contribution in [0, 0.1) is 10.1 Å². The van der Waals surface area contributed by atoms with Crippen molar-refractivity contribution in [1.29, 1.82) is 0 Å². The SMILES string of the molecule is CC(=O)CCCN1C(=O)S/C(=C\c2ccn(-c3ccc([N+](=O)[O-])cc3)n2)C1=O. The van der Waals surface area contributed by atoms with Crippen LogP contribution >= 0.6 is 11.8 Å². The first-order valence-electron chi connectivity index (χ1n) is 8.40. The van der Waals surface area contributed by atoms with E-state index in [0.717, 1.165) is 16.7 Å². The minimum atomic E-state index is -0.481. The lowest BCUT2D eigenvalue weighted by Crippen LogP contribution is -2.29. The van der Waals surface area contributed by atoms with Gasteiger partial charge in [-0.1, -0.05) is 0 Å². The first-order valence-corrected chi connectivity index (χ1v) is 9.22. The summed E-state index contributed by atoms with van der Waals surface area (Å²) in [6.45, 7) is 1.67. The van der Waals surface area contributed by atoms with Gasteiger partial charge in [-0.05, 0) is 49.4 Å². The number of thioether (sulfide) groups is 1. The number of aromatic nitrogens is 2. The summed E-state index contributed by atoms with van der Waals surface area (Å²) in [4.78, 5) is 47.1. The normalized spacial score (nSPS) is 15.5. The highest BCUT2D eigenvalue weighted by Gasteiger charge is 2.34. The molecular weight excluding hydrogens is 384 g/mol. The van der Waals surface area contributed by atoms with Gasteiger partial charge in [0.2, 0.25) is 0 Å². The predicted octanol–water partition coefficient (Wildman–Crippen LogP) is 3.19. The zero-order valence-electron chi connectivity index (χ0n) is 14.9. The molecular formula is C18H16N4O5S. The molecule has 0 radical (unpaired) electrons. The maximum atomic E-state index is 12.4. The molecule has 1 aliphatic heterocycles. The number of imide groups is 1. The first-order chi connectivity index (χ1) is 13.3. The van der Waals surface area contributed by atoms with Crippen LogP contribution in [0.5, 0.6) is 0 Å². The van der Waals surface area contributed by atoms with Crippen molar-refractivity contribution >= 4 is 40.5 Å². The molecule has 3 rings (SSSR count). The van der Waals surface area contributed by atoms with Gasteiger partial charge < -0.3 is 4.79 Å². The molecule has 2 aromatic rings. The molecule has 10 heteroatoms. The molecule has 2 amide bonds. The molecule has 1 aromatic carbocycles. The lowest BCUT2D eigenvalue weighted by Gasteiger charge is -2.10. The molecule has 0 unspecified atom stereocenters. The summed E-state index contributed by atoms with van der Waals surface area (Å²) in [6, 6.07) is 7.56. The number of carbonyl (C=O) groups is 3. The zero-order chi connectivity index (χ0) is 20.3. The number of nitro groups is 1. The maximum Gasteiger partial charge on any atom is 0.293 e. The van der Waals surface area contributed by atoms with Crippen molar-refractivity contribution in [2.45, 2.75) is 19.8 Å². The van der Waals surface area contributed by atoms with Crippen LogP contribution in [0.1, 0.15) is 25.5 Å². The van der Waals surface area contributed by atoms with Crippen molar-refractivity contribution < 1.29 is 19.3 Å². The number of hydrogen-bond acceptors (Lipinski definition) is 7. The lowest BCUT2D eigenvalue weighted by molar-refractivity contribution is -0.384. The predicted molar refractivity (Wildman–Crippen MR) is 103 cm³/mol. The lowest BCUT2D eigenvalue weighted by atomic mass is 10.2. The van der Waals surface area contributed by atoms with Crippen molar-refractivity contribution in [3.8, 4) is 5.69 Å². The average molecular weight is 400 g/mol. The molecule has 0 bridgehead atoms. The largest absolute Gasteiger partial charge is 0.300 e. The molecule has 144 valence electrons. The number of Topliss-reactive ketones (excluding diaryl/α,β-unsaturated/α-hetero) is 1. The van der Waals surface area contributed by atoms with E-state index < -0.39 is 10.8 Å². The number of ketones is 1. The van der Waals surface area contributed by atoms with Crippen LogP contribution in [0.25, 0.3) is 11.8 Å². The fourth-order valence-electron chi connectivity index (χ4n) is 2.60. The molecule has 1 aliphatic rings. The summed E-state index contributed by atoms with van der Waals surface area (Å²) in [5, 5.41) is 14.7. The van der Waals surface area contributed by atoms with E-state index in [0.29, 0.717) is 24.2 Å². The van der Waals surface area contributed by atoms with E-state index in [4.69, 9.17) is 0 Å². The van der Waals surface area contributed by atoms with E-state index >= 15 is 0 Å². The van der Waals surface area contributed by atoms with Crippen molar-refractivity contribution in [2.75, 3.05) is 6.54 Å². The Morgan fingerprint density at radius 1 is 1.25 bits per heavy atom. The quantitative estimate of drug-likeness (QED) is 0.398. The monoisotopic (exact) mass is 400 g/mol. The molecule has 1 aromatic heterocycles. The van der Waals surface area contributed by atoms with Crippen LogP contribution < -0.4 is 0 Å². The Morgan fingerprint density at radius 2 is 1.96 bits per heavy atom. The molecule has 0 atom stereocenters. The minimum Gasteiger partial charge on any atom is -0.300 e. The van der Waals surface area contributed by atoms with E-state index in [-0.39, 0.29) is 28.2 Å². The van der Waals surface area contributed by atoms with Gasteiger partial charge in [0.25, 0.3) is 16.8 Å². The number of amides is 2. The average Bonchev–Trinajstić information content (AvgIpc) is 3.22. The highest BCUT2D eigenvalue weighted by atomic mass is 32.2. The van der Waals surface area contributed by atoms with Crippen LogP contribution in [0.4, 0.5) is 10.5 Å². The van der Waals surface area contributed by atoms with Gasteiger partial charge in [-0.2, -0.15) is 5.10 Å². The number of carbonyl (C=O) groups excluding carboxylic acids is 3. The Balaban J connectivity index is 1.72. The second-order valence-electron chi connectivity index (χ2n) is 6.10. The van der Waals surface area contributed by atoms with Gasteiger partial charge in [-0.3, -0.25) is 24.6 Å². The van der Waals surface area contributed by atoms with E-state index in [1.54, 1.807) is 24.4 Å². The van der Waals surface area contributed by atoms with Crippen molar-refractivity contribution in [3.05, 3.63) is 57.2 Å². The Kier molecular flexibility index (Phi) is 5.69. The summed E-state index contributed by atoms with van der Waals surface area (Å²) in [6.07, 6.45) is 3.94. The first kappa shape index (κ1) is 19.5. The van der Waals surface area contributed by atoms with Crippen LogP contribution in [0.15, 0.2) is 41.4 Å². The van der Waals surface area contributed by atoms with Gasteiger partial charge in [0.05, 0.1) is 21.2 Å². The van der Waals surface area contributed by atoms with Gasteiger partial charge in [0, 0.05) is 31.3 Å². The second-order valence-corrected chi connectivity index (χ2v) is 7.09. The highest BCUT2D eigenvalue weighted by molar-refractivity contribution is 8.18. The molecule has 1 saturated heterocycles. The van der Waals surface area contributed by atoms with Gasteiger partial charge in [-0.25, -0.2) is 4.68 Å². The number of hydrogen-bond donors (Lipinski definition) is 0. The topological polar surface area (TPSA) is 115 Å². The van der Waals surface area contributed by atoms with Gasteiger partial charge in [-0.15, -0.1) is 0 Å². The fraction of sp³-hybridized carbons (Fsp3) is 0.222. The fourth-order valence-corrected chi connectivity index (χ4v) is 3.45. The minimum absolute atomic E-state index is 0.0132. The van der Waals surface area contributed by atoms with Crippen LogP contribution in [0.2, 0.25) is 0 Å².